The average molecular weight is 566 g/mol. The molecule has 0 saturated carbocycles. The van der Waals surface area contributed by atoms with Crippen LogP contribution in [-0.2, 0) is 0 Å². The number of nitro groups is 1. The zero-order chi connectivity index (χ0) is 28.7. The van der Waals surface area contributed by atoms with E-state index in [0.29, 0.717) is 10.6 Å². The van der Waals surface area contributed by atoms with Crippen molar-refractivity contribution in [2.75, 3.05) is 0 Å². The summed E-state index contributed by atoms with van der Waals surface area (Å²) in [5, 5.41) is 29.4. The average Bonchev–Trinajstić information content (AvgIpc) is 2.93. The fraction of sp³-hybridized carbons (Fsp3) is 0. The third kappa shape index (κ3) is 6.92. The third-order valence-electron chi connectivity index (χ3n) is 5.32. The number of nitrogens with zero attached hydrogens (tertiary/aromatic N) is 1. The SMILES string of the molecule is O=C(O)c1ccccc1C(=O)c1ccc(Cl)c([N+](=O)[O-])c1.O=C(O)c1ccccc1C(=O)c1ccc(Cl)cc1. The van der Waals surface area contributed by atoms with Gasteiger partial charge in [0.25, 0.3) is 5.69 Å². The van der Waals surface area contributed by atoms with Gasteiger partial charge in [0.1, 0.15) is 5.02 Å². The minimum atomic E-state index is -1.25. The number of nitro benzene ring substituents is 1. The molecule has 196 valence electrons. The second-order valence-corrected chi connectivity index (χ2v) is 8.63. The molecule has 0 aliphatic rings. The number of hydrogen-bond acceptors (Lipinski definition) is 6. The van der Waals surface area contributed by atoms with Crippen LogP contribution in [0.3, 0.4) is 0 Å². The van der Waals surface area contributed by atoms with Gasteiger partial charge in [-0.1, -0.05) is 59.6 Å². The predicted molar refractivity (Wildman–Crippen MR) is 143 cm³/mol. The molecule has 0 heterocycles. The number of benzene rings is 4. The van der Waals surface area contributed by atoms with Gasteiger partial charge in [0, 0.05) is 33.3 Å². The van der Waals surface area contributed by atoms with Crippen LogP contribution in [0.4, 0.5) is 5.69 Å². The molecule has 11 heteroatoms. The van der Waals surface area contributed by atoms with Crippen LogP contribution in [0.5, 0.6) is 0 Å². The minimum Gasteiger partial charge on any atom is -0.478 e. The maximum atomic E-state index is 12.3. The summed E-state index contributed by atoms with van der Waals surface area (Å²) < 4.78 is 0. The molecule has 0 radical (unpaired) electrons. The van der Waals surface area contributed by atoms with Gasteiger partial charge in [-0.25, -0.2) is 9.59 Å². The summed E-state index contributed by atoms with van der Waals surface area (Å²) in [5.74, 6) is -3.31. The number of halogens is 2. The van der Waals surface area contributed by atoms with Gasteiger partial charge in [0.15, 0.2) is 11.6 Å². The summed E-state index contributed by atoms with van der Waals surface area (Å²) in [6.07, 6.45) is 0. The van der Waals surface area contributed by atoms with Crippen LogP contribution in [0.25, 0.3) is 0 Å². The number of carbonyl (C=O) groups is 4. The highest BCUT2D eigenvalue weighted by Gasteiger charge is 2.21. The lowest BCUT2D eigenvalue weighted by Gasteiger charge is -2.05. The Kier molecular flexibility index (Phi) is 9.27. The van der Waals surface area contributed by atoms with E-state index in [2.05, 4.69) is 0 Å². The molecule has 4 aromatic carbocycles. The topological polar surface area (TPSA) is 152 Å². The van der Waals surface area contributed by atoms with Crippen LogP contribution in [0.1, 0.15) is 52.6 Å². The quantitative estimate of drug-likeness (QED) is 0.147. The lowest BCUT2D eigenvalue weighted by molar-refractivity contribution is -0.384. The molecular weight excluding hydrogens is 549 g/mol. The molecule has 0 atom stereocenters. The number of carboxylic acids is 2. The van der Waals surface area contributed by atoms with Crippen molar-refractivity contribution in [3.63, 3.8) is 0 Å². The fourth-order valence-corrected chi connectivity index (χ4v) is 3.75. The van der Waals surface area contributed by atoms with Crippen LogP contribution in [0.2, 0.25) is 10.0 Å². The van der Waals surface area contributed by atoms with E-state index in [1.807, 2.05) is 0 Å². The van der Waals surface area contributed by atoms with Gasteiger partial charge in [-0.2, -0.15) is 0 Å². The maximum Gasteiger partial charge on any atom is 0.336 e. The van der Waals surface area contributed by atoms with Crippen molar-refractivity contribution in [3.05, 3.63) is 145 Å². The number of ketones is 2. The number of carboxylic acid groups (broad SMARTS) is 2. The van der Waals surface area contributed by atoms with Gasteiger partial charge in [-0.05, 0) is 48.5 Å². The monoisotopic (exact) mass is 565 g/mol. The van der Waals surface area contributed by atoms with E-state index in [1.54, 1.807) is 36.4 Å². The Balaban J connectivity index is 0.000000218. The van der Waals surface area contributed by atoms with Crippen molar-refractivity contribution >= 4 is 52.4 Å². The second-order valence-electron chi connectivity index (χ2n) is 7.79. The first kappa shape index (κ1) is 28.7. The summed E-state index contributed by atoms with van der Waals surface area (Å²) in [5.41, 5.74) is -0.0327. The molecule has 0 aliphatic carbocycles. The van der Waals surface area contributed by atoms with Crippen LogP contribution < -0.4 is 0 Å². The molecule has 4 aromatic rings. The molecule has 0 spiro atoms. The molecule has 39 heavy (non-hydrogen) atoms. The highest BCUT2D eigenvalue weighted by Crippen LogP contribution is 2.27. The minimum absolute atomic E-state index is 0.000185. The van der Waals surface area contributed by atoms with Gasteiger partial charge in [-0.3, -0.25) is 19.7 Å². The van der Waals surface area contributed by atoms with E-state index in [-0.39, 0.29) is 38.6 Å². The van der Waals surface area contributed by atoms with Crippen molar-refractivity contribution in [1.29, 1.82) is 0 Å². The predicted octanol–water partition coefficient (Wildman–Crippen LogP) is 6.45. The Labute approximate surface area is 231 Å². The van der Waals surface area contributed by atoms with Gasteiger partial charge in [0.2, 0.25) is 0 Å². The van der Waals surface area contributed by atoms with Crippen molar-refractivity contribution in [2.45, 2.75) is 0 Å². The number of aromatic carboxylic acids is 2. The van der Waals surface area contributed by atoms with Gasteiger partial charge in [0.05, 0.1) is 16.1 Å². The van der Waals surface area contributed by atoms with E-state index in [0.717, 1.165) is 6.07 Å². The van der Waals surface area contributed by atoms with Crippen LogP contribution >= 0.6 is 23.2 Å². The molecule has 0 bridgehead atoms. The van der Waals surface area contributed by atoms with Crippen molar-refractivity contribution in [3.8, 4) is 0 Å². The van der Waals surface area contributed by atoms with E-state index in [9.17, 15) is 29.3 Å². The van der Waals surface area contributed by atoms with Gasteiger partial charge >= 0.3 is 11.9 Å². The van der Waals surface area contributed by atoms with Crippen LogP contribution in [0, 0.1) is 10.1 Å². The molecule has 0 aromatic heterocycles. The van der Waals surface area contributed by atoms with Gasteiger partial charge in [-0.15, -0.1) is 0 Å². The highest BCUT2D eigenvalue weighted by molar-refractivity contribution is 6.33. The van der Waals surface area contributed by atoms with E-state index in [1.165, 1.54) is 48.5 Å². The zero-order valence-corrected chi connectivity index (χ0v) is 21.2. The van der Waals surface area contributed by atoms with Crippen molar-refractivity contribution in [2.24, 2.45) is 0 Å². The molecule has 9 nitrogen and oxygen atoms in total. The Morgan fingerprint density at radius 1 is 0.615 bits per heavy atom. The first-order valence-electron chi connectivity index (χ1n) is 10.9. The van der Waals surface area contributed by atoms with E-state index in [4.69, 9.17) is 33.4 Å². The molecule has 0 fully saturated rings. The third-order valence-corrected chi connectivity index (χ3v) is 5.89. The molecule has 4 rings (SSSR count). The molecule has 2 N–H and O–H groups in total. The first-order valence-corrected chi connectivity index (χ1v) is 11.7. The van der Waals surface area contributed by atoms with Crippen molar-refractivity contribution in [1.82, 2.24) is 0 Å². The molecule has 0 aliphatic heterocycles. The summed E-state index contributed by atoms with van der Waals surface area (Å²) in [4.78, 5) is 56.8. The van der Waals surface area contributed by atoms with E-state index >= 15 is 0 Å². The summed E-state index contributed by atoms with van der Waals surface area (Å²) in [6, 6.07) is 21.7. The zero-order valence-electron chi connectivity index (χ0n) is 19.7. The molecular formula is C28H17Cl2NO8. The van der Waals surface area contributed by atoms with Crippen LogP contribution in [-0.4, -0.2) is 38.6 Å². The Bertz CT molecular complexity index is 1600. The maximum absolute atomic E-state index is 12.3. The molecule has 0 amide bonds. The first-order chi connectivity index (χ1) is 18.5. The Hall–Kier alpha value is -4.86. The Morgan fingerprint density at radius 3 is 1.46 bits per heavy atom. The lowest BCUT2D eigenvalue weighted by Crippen LogP contribution is -2.09. The number of rotatable bonds is 7. The number of carbonyl (C=O) groups excluding carboxylic acids is 2. The Morgan fingerprint density at radius 2 is 1.03 bits per heavy atom. The number of hydrogen-bond donors (Lipinski definition) is 2. The molecule has 0 saturated heterocycles. The second kappa shape index (κ2) is 12.6. The van der Waals surface area contributed by atoms with Crippen molar-refractivity contribution < 1.29 is 34.3 Å². The van der Waals surface area contributed by atoms with Crippen LogP contribution in [0.15, 0.2) is 91.0 Å². The summed E-state index contributed by atoms with van der Waals surface area (Å²) >= 11 is 11.4. The fourth-order valence-electron chi connectivity index (χ4n) is 3.44. The van der Waals surface area contributed by atoms with Gasteiger partial charge < -0.3 is 10.2 Å². The standard InChI is InChI=1S/C14H8ClNO5.C14H9ClO3/c15-11-6-5-8(7-12(11)16(20)21)13(17)9-3-1-2-4-10(9)14(18)19;15-10-7-5-9(6-8-10)13(16)11-3-1-2-4-12(11)14(17)18/h1-7H,(H,18,19);1-8H,(H,17,18). The van der Waals surface area contributed by atoms with E-state index < -0.39 is 28.3 Å². The largest absolute Gasteiger partial charge is 0.478 e. The smallest absolute Gasteiger partial charge is 0.336 e. The summed E-state index contributed by atoms with van der Waals surface area (Å²) in [6.45, 7) is 0. The highest BCUT2D eigenvalue weighted by atomic mass is 35.5. The summed E-state index contributed by atoms with van der Waals surface area (Å²) in [7, 11) is 0. The lowest BCUT2D eigenvalue weighted by atomic mass is 9.98. The normalized spacial score (nSPS) is 10.1. The molecule has 0 unspecified atom stereocenters.